The highest BCUT2D eigenvalue weighted by Crippen LogP contribution is 2.28. The van der Waals surface area contributed by atoms with Gasteiger partial charge in [-0.05, 0) is 30.3 Å². The molecule has 0 fully saturated rings. The van der Waals surface area contributed by atoms with Crippen molar-refractivity contribution in [3.05, 3.63) is 57.8 Å². The molecule has 0 unspecified atom stereocenters. The second kappa shape index (κ2) is 5.74. The van der Waals surface area contributed by atoms with Crippen LogP contribution in [0.4, 0.5) is 15.8 Å². The first-order chi connectivity index (χ1) is 8.99. The van der Waals surface area contributed by atoms with Crippen LogP contribution in [-0.2, 0) is 0 Å². The molecule has 19 heavy (non-hydrogen) atoms. The monoisotopic (exact) mass is 314 g/mol. The summed E-state index contributed by atoms with van der Waals surface area (Å²) < 4.78 is 13.1. The Balaban J connectivity index is 2.40. The number of thiocarbonyl (C=S) groups is 1. The van der Waals surface area contributed by atoms with E-state index in [4.69, 9.17) is 41.2 Å². The fraction of sp³-hybridized carbons (Fsp3) is 0. The van der Waals surface area contributed by atoms with Crippen molar-refractivity contribution in [3.8, 4) is 0 Å². The van der Waals surface area contributed by atoms with Crippen LogP contribution in [0.25, 0.3) is 0 Å². The van der Waals surface area contributed by atoms with Gasteiger partial charge in [-0.15, -0.1) is 0 Å². The first-order valence-electron chi connectivity index (χ1n) is 5.29. The molecule has 2 nitrogen and oxygen atoms in total. The van der Waals surface area contributed by atoms with Crippen LogP contribution in [0, 0.1) is 5.82 Å². The number of nitrogens with one attached hydrogen (secondary N) is 1. The summed E-state index contributed by atoms with van der Waals surface area (Å²) in [5.41, 5.74) is 7.44. The SMILES string of the molecule is NC(=S)c1c(Cl)cccc1Nc1ccc(F)c(Cl)c1. The molecule has 3 N–H and O–H groups in total. The minimum atomic E-state index is -0.479. The number of hydrogen-bond acceptors (Lipinski definition) is 2. The van der Waals surface area contributed by atoms with Gasteiger partial charge in [0.2, 0.25) is 0 Å². The molecule has 0 radical (unpaired) electrons. The van der Waals surface area contributed by atoms with Crippen LogP contribution in [0.2, 0.25) is 10.0 Å². The third-order valence-electron chi connectivity index (χ3n) is 2.46. The highest BCUT2D eigenvalue weighted by Gasteiger charge is 2.10. The van der Waals surface area contributed by atoms with Crippen molar-refractivity contribution in [2.75, 3.05) is 5.32 Å². The standard InChI is InChI=1S/C13H9Cl2FN2S/c14-8-2-1-3-11(12(8)13(17)19)18-7-4-5-10(16)9(15)6-7/h1-6,18H,(H2,17,19). The van der Waals surface area contributed by atoms with Gasteiger partial charge in [0.05, 0.1) is 21.3 Å². The van der Waals surface area contributed by atoms with Crippen molar-refractivity contribution >= 4 is 51.8 Å². The van der Waals surface area contributed by atoms with Gasteiger partial charge in [0.15, 0.2) is 0 Å². The van der Waals surface area contributed by atoms with Crippen LogP contribution in [0.15, 0.2) is 36.4 Å². The molecule has 2 aromatic carbocycles. The predicted octanol–water partition coefficient (Wildman–Crippen LogP) is 4.51. The van der Waals surface area contributed by atoms with Crippen LogP contribution < -0.4 is 11.1 Å². The molecule has 98 valence electrons. The fourth-order valence-corrected chi connectivity index (χ4v) is 2.34. The Hall–Kier alpha value is -1.36. The number of anilines is 2. The van der Waals surface area contributed by atoms with Crippen molar-refractivity contribution < 1.29 is 4.39 Å². The van der Waals surface area contributed by atoms with Gasteiger partial charge in [0.25, 0.3) is 0 Å². The summed E-state index contributed by atoms with van der Waals surface area (Å²) in [6.45, 7) is 0. The predicted molar refractivity (Wildman–Crippen MR) is 82.0 cm³/mol. The zero-order chi connectivity index (χ0) is 14.0. The number of hydrogen-bond donors (Lipinski definition) is 2. The fourth-order valence-electron chi connectivity index (χ4n) is 1.61. The molecule has 0 amide bonds. The summed E-state index contributed by atoms with van der Waals surface area (Å²) in [7, 11) is 0. The first kappa shape index (κ1) is 14.1. The lowest BCUT2D eigenvalue weighted by Crippen LogP contribution is -2.12. The average molecular weight is 315 g/mol. The smallest absolute Gasteiger partial charge is 0.141 e. The molecule has 0 spiro atoms. The number of nitrogens with two attached hydrogens (primary N) is 1. The number of benzene rings is 2. The molecule has 0 aliphatic heterocycles. The second-order valence-corrected chi connectivity index (χ2v) is 5.03. The van der Waals surface area contributed by atoms with Gasteiger partial charge in [0, 0.05) is 5.69 Å². The zero-order valence-electron chi connectivity index (χ0n) is 9.58. The Bertz CT molecular complexity index is 647. The normalized spacial score (nSPS) is 10.3. The molecule has 0 heterocycles. The van der Waals surface area contributed by atoms with E-state index in [2.05, 4.69) is 5.32 Å². The van der Waals surface area contributed by atoms with E-state index in [1.807, 2.05) is 0 Å². The van der Waals surface area contributed by atoms with Crippen LogP contribution >= 0.6 is 35.4 Å². The summed E-state index contributed by atoms with van der Waals surface area (Å²) in [6.07, 6.45) is 0. The van der Waals surface area contributed by atoms with Crippen molar-refractivity contribution in [1.82, 2.24) is 0 Å². The van der Waals surface area contributed by atoms with Gasteiger partial charge in [-0.2, -0.15) is 0 Å². The molecule has 0 saturated heterocycles. The Labute approximate surface area is 125 Å². The Morgan fingerprint density at radius 3 is 2.53 bits per heavy atom. The quantitative estimate of drug-likeness (QED) is 0.819. The Morgan fingerprint density at radius 1 is 1.16 bits per heavy atom. The Morgan fingerprint density at radius 2 is 1.89 bits per heavy atom. The van der Waals surface area contributed by atoms with Gasteiger partial charge in [-0.1, -0.05) is 41.5 Å². The van der Waals surface area contributed by atoms with Crippen LogP contribution in [-0.4, -0.2) is 4.99 Å². The van der Waals surface area contributed by atoms with E-state index in [0.717, 1.165) is 0 Å². The van der Waals surface area contributed by atoms with E-state index < -0.39 is 5.82 Å². The molecule has 6 heteroatoms. The molecule has 2 rings (SSSR count). The molecule has 0 aromatic heterocycles. The molecular formula is C13H9Cl2FN2S. The van der Waals surface area contributed by atoms with Gasteiger partial charge >= 0.3 is 0 Å². The number of rotatable bonds is 3. The molecule has 0 aliphatic carbocycles. The van der Waals surface area contributed by atoms with Gasteiger partial charge in [-0.3, -0.25) is 0 Å². The topological polar surface area (TPSA) is 38.0 Å². The maximum Gasteiger partial charge on any atom is 0.141 e. The lowest BCUT2D eigenvalue weighted by molar-refractivity contribution is 0.628. The summed E-state index contributed by atoms with van der Waals surface area (Å²) in [5, 5.41) is 3.54. The molecular weight excluding hydrogens is 306 g/mol. The molecule has 2 aromatic rings. The van der Waals surface area contributed by atoms with Crippen LogP contribution in [0.5, 0.6) is 0 Å². The summed E-state index contributed by atoms with van der Waals surface area (Å²) in [6, 6.07) is 9.54. The van der Waals surface area contributed by atoms with Crippen molar-refractivity contribution in [2.24, 2.45) is 5.73 Å². The van der Waals surface area contributed by atoms with Gasteiger partial charge < -0.3 is 11.1 Å². The van der Waals surface area contributed by atoms with Crippen molar-refractivity contribution in [3.63, 3.8) is 0 Å². The van der Waals surface area contributed by atoms with E-state index in [-0.39, 0.29) is 10.0 Å². The maximum absolute atomic E-state index is 13.1. The van der Waals surface area contributed by atoms with Gasteiger partial charge in [-0.25, -0.2) is 4.39 Å². The highest BCUT2D eigenvalue weighted by molar-refractivity contribution is 7.80. The first-order valence-corrected chi connectivity index (χ1v) is 6.46. The van der Waals surface area contributed by atoms with Crippen molar-refractivity contribution in [2.45, 2.75) is 0 Å². The van der Waals surface area contributed by atoms with E-state index in [1.165, 1.54) is 12.1 Å². The van der Waals surface area contributed by atoms with E-state index in [0.29, 0.717) is 22.0 Å². The van der Waals surface area contributed by atoms with Crippen molar-refractivity contribution in [1.29, 1.82) is 0 Å². The molecule has 0 saturated carbocycles. The van der Waals surface area contributed by atoms with E-state index in [1.54, 1.807) is 24.3 Å². The minimum absolute atomic E-state index is 0.0314. The average Bonchev–Trinajstić information content (AvgIpc) is 2.33. The summed E-state index contributed by atoms with van der Waals surface area (Å²) in [4.78, 5) is 0.182. The number of halogens is 3. The van der Waals surface area contributed by atoms with E-state index >= 15 is 0 Å². The molecule has 0 aliphatic rings. The third kappa shape index (κ3) is 3.15. The van der Waals surface area contributed by atoms with Crippen LogP contribution in [0.1, 0.15) is 5.56 Å². The Kier molecular flexibility index (Phi) is 4.24. The summed E-state index contributed by atoms with van der Waals surface area (Å²) in [5.74, 6) is -0.479. The highest BCUT2D eigenvalue weighted by atomic mass is 35.5. The zero-order valence-corrected chi connectivity index (χ0v) is 11.9. The summed E-state index contributed by atoms with van der Waals surface area (Å²) >= 11 is 16.7. The second-order valence-electron chi connectivity index (χ2n) is 3.78. The molecule has 0 bridgehead atoms. The lowest BCUT2D eigenvalue weighted by atomic mass is 10.1. The maximum atomic E-state index is 13.1. The van der Waals surface area contributed by atoms with E-state index in [9.17, 15) is 4.39 Å². The third-order valence-corrected chi connectivity index (χ3v) is 3.27. The minimum Gasteiger partial charge on any atom is -0.389 e. The van der Waals surface area contributed by atoms with Crippen LogP contribution in [0.3, 0.4) is 0 Å². The molecule has 0 atom stereocenters. The largest absolute Gasteiger partial charge is 0.389 e. The van der Waals surface area contributed by atoms with Gasteiger partial charge in [0.1, 0.15) is 10.8 Å². The lowest BCUT2D eigenvalue weighted by Gasteiger charge is -2.13.